The smallest absolute Gasteiger partial charge is 0.326 e. The maximum absolute atomic E-state index is 13.5. The zero-order chi connectivity index (χ0) is 42.5. The second kappa shape index (κ2) is 25.7. The lowest BCUT2D eigenvalue weighted by Crippen LogP contribution is -2.64. The molecule has 0 aliphatic heterocycles. The van der Waals surface area contributed by atoms with Crippen molar-refractivity contribution in [2.24, 2.45) is 17.8 Å². The van der Waals surface area contributed by atoms with Crippen LogP contribution in [0.15, 0.2) is 0 Å². The summed E-state index contributed by atoms with van der Waals surface area (Å²) in [4.78, 5) is 103. The highest BCUT2D eigenvalue weighted by molar-refractivity contribution is 5.98. The molecule has 17 heteroatoms. The van der Waals surface area contributed by atoms with Crippen LogP contribution in [0.1, 0.15) is 127 Å². The summed E-state index contributed by atoms with van der Waals surface area (Å²) in [6.07, 6.45) is 5.95. The van der Waals surface area contributed by atoms with Gasteiger partial charge >= 0.3 is 5.97 Å². The van der Waals surface area contributed by atoms with E-state index in [1.54, 1.807) is 27.7 Å². The topological polar surface area (TPSA) is 261 Å². The molecule has 0 radical (unpaired) electrons. The highest BCUT2D eigenvalue weighted by Crippen LogP contribution is 2.13. The molecule has 0 aromatic rings. The van der Waals surface area contributed by atoms with E-state index >= 15 is 0 Å². The number of amides is 7. The van der Waals surface area contributed by atoms with Gasteiger partial charge < -0.3 is 47.4 Å². The summed E-state index contributed by atoms with van der Waals surface area (Å²) in [5, 5.41) is 37.2. The highest BCUT2D eigenvalue weighted by atomic mass is 16.4. The molecule has 0 aromatic carbocycles. The van der Waals surface area contributed by atoms with Crippen LogP contribution in [0.5, 0.6) is 0 Å². The minimum atomic E-state index is -1.67. The number of rotatable bonds is 27. The van der Waals surface area contributed by atoms with Crippen molar-refractivity contribution >= 4 is 47.3 Å². The molecule has 6 atom stereocenters. The van der Waals surface area contributed by atoms with Crippen molar-refractivity contribution in [2.75, 3.05) is 13.2 Å². The first kappa shape index (κ1) is 50.7. The summed E-state index contributed by atoms with van der Waals surface area (Å²) in [6.45, 7) is 15.8. The van der Waals surface area contributed by atoms with Crippen LogP contribution < -0.4 is 37.2 Å². The molecule has 0 unspecified atom stereocenters. The molecule has 316 valence electrons. The summed E-state index contributed by atoms with van der Waals surface area (Å²) in [5.74, 6) is -6.52. The molecule has 17 nitrogen and oxygen atoms in total. The third kappa shape index (κ3) is 20.3. The molecule has 7 amide bonds. The molecule has 55 heavy (non-hydrogen) atoms. The van der Waals surface area contributed by atoms with Crippen LogP contribution in [0.4, 0.5) is 0 Å². The zero-order valence-corrected chi connectivity index (χ0v) is 34.6. The van der Waals surface area contributed by atoms with E-state index in [9.17, 15) is 48.6 Å². The number of hydrogen-bond acceptors (Lipinski definition) is 9. The van der Waals surface area contributed by atoms with Gasteiger partial charge in [0.25, 0.3) is 0 Å². The Labute approximate surface area is 326 Å². The average molecular weight is 784 g/mol. The van der Waals surface area contributed by atoms with Crippen LogP contribution in [-0.2, 0) is 38.4 Å². The number of carbonyl (C=O) groups excluding carboxylic acids is 7. The second-order valence-electron chi connectivity index (χ2n) is 15.6. The third-order valence-corrected chi connectivity index (χ3v) is 8.99. The van der Waals surface area contributed by atoms with Crippen molar-refractivity contribution in [1.29, 1.82) is 0 Å². The summed E-state index contributed by atoms with van der Waals surface area (Å²) < 4.78 is 0. The molecular formula is C38H69N7O10. The Kier molecular flexibility index (Phi) is 23.7. The van der Waals surface area contributed by atoms with Crippen molar-refractivity contribution in [3.05, 3.63) is 0 Å². The standard InChI is InChI=1S/C38H69N7O10/c1-11-13-14-15-16-17-29(47)39-20-30(48)40-25(8)32(49)41-26(18-22(3)4)34(51)45-38(9,10)37(55)43-28(21-46)33(50)44-31(24(7)12-2)35(52)42-27(36(53)54)19-23(5)6/h22-28,31,46H,11-21H2,1-10H3,(H,39,47)(H,40,48)(H,41,49)(H,42,52)(H,43,55)(H,44,50)(H,45,51)(H,53,54)/t24-,25-,26-,27-,28-,31-/m0/s1. The predicted molar refractivity (Wildman–Crippen MR) is 207 cm³/mol. The normalized spacial score (nSPS) is 14.7. The van der Waals surface area contributed by atoms with Crippen molar-refractivity contribution in [3.63, 3.8) is 0 Å². The van der Waals surface area contributed by atoms with Gasteiger partial charge in [0, 0.05) is 6.42 Å². The SMILES string of the molecule is CCCCCCCC(=O)NCC(=O)N[C@@H](C)C(=O)N[C@@H](CC(C)C)C(=O)NC(C)(C)C(=O)N[C@@H](CO)C(=O)N[C@H](C(=O)N[C@@H](CC(C)C)C(=O)O)[C@@H](C)CC. The Morgan fingerprint density at radius 2 is 1.18 bits per heavy atom. The van der Waals surface area contributed by atoms with E-state index < -0.39 is 89.7 Å². The summed E-state index contributed by atoms with van der Waals surface area (Å²) >= 11 is 0. The number of carboxylic acid groups (broad SMARTS) is 1. The van der Waals surface area contributed by atoms with Crippen LogP contribution >= 0.6 is 0 Å². The fraction of sp³-hybridized carbons (Fsp3) is 0.789. The van der Waals surface area contributed by atoms with Gasteiger partial charge in [-0.05, 0) is 57.8 Å². The number of aliphatic hydroxyl groups is 1. The Balaban J connectivity index is 5.52. The van der Waals surface area contributed by atoms with Gasteiger partial charge in [0.05, 0.1) is 13.2 Å². The molecule has 0 rings (SSSR count). The maximum atomic E-state index is 13.5. The summed E-state index contributed by atoms with van der Waals surface area (Å²) in [5.41, 5.74) is -1.67. The molecule has 0 fully saturated rings. The molecule has 9 N–H and O–H groups in total. The number of hydrogen-bond donors (Lipinski definition) is 9. The Bertz CT molecular complexity index is 1290. The van der Waals surface area contributed by atoms with Crippen LogP contribution in [-0.4, -0.2) is 106 Å². The monoisotopic (exact) mass is 784 g/mol. The number of aliphatic carboxylic acids is 1. The van der Waals surface area contributed by atoms with E-state index in [-0.39, 0.29) is 37.1 Å². The van der Waals surface area contributed by atoms with Gasteiger partial charge in [0.1, 0.15) is 35.7 Å². The van der Waals surface area contributed by atoms with Crippen LogP contribution in [0.2, 0.25) is 0 Å². The molecule has 0 saturated heterocycles. The lowest BCUT2D eigenvalue weighted by Gasteiger charge is -2.31. The number of aliphatic hydroxyl groups excluding tert-OH is 1. The molecule has 0 aliphatic rings. The van der Waals surface area contributed by atoms with Gasteiger partial charge in [-0.15, -0.1) is 0 Å². The number of unbranched alkanes of at least 4 members (excludes halogenated alkanes) is 4. The van der Waals surface area contributed by atoms with Gasteiger partial charge in [-0.25, -0.2) is 4.79 Å². The van der Waals surface area contributed by atoms with Gasteiger partial charge in [0.2, 0.25) is 41.4 Å². The van der Waals surface area contributed by atoms with Gasteiger partial charge in [0.15, 0.2) is 0 Å². The molecule has 0 saturated carbocycles. The predicted octanol–water partition coefficient (Wildman–Crippen LogP) is 1.02. The maximum Gasteiger partial charge on any atom is 0.326 e. The first-order valence-corrected chi connectivity index (χ1v) is 19.5. The Hall–Kier alpha value is -4.28. The molecular weight excluding hydrogens is 714 g/mol. The first-order valence-electron chi connectivity index (χ1n) is 19.5. The molecule has 0 heterocycles. The fourth-order valence-corrected chi connectivity index (χ4v) is 5.41. The average Bonchev–Trinajstić information content (AvgIpc) is 3.09. The quantitative estimate of drug-likeness (QED) is 0.0535. The number of nitrogens with one attached hydrogen (secondary N) is 7. The Morgan fingerprint density at radius 1 is 0.618 bits per heavy atom. The van der Waals surface area contributed by atoms with E-state index in [0.29, 0.717) is 12.8 Å². The number of carbonyl (C=O) groups is 8. The van der Waals surface area contributed by atoms with E-state index in [2.05, 4.69) is 44.1 Å². The van der Waals surface area contributed by atoms with Crippen molar-refractivity contribution in [1.82, 2.24) is 37.2 Å². The molecule has 0 aromatic heterocycles. The lowest BCUT2D eigenvalue weighted by atomic mass is 9.96. The second-order valence-corrected chi connectivity index (χ2v) is 15.6. The van der Waals surface area contributed by atoms with Gasteiger partial charge in [-0.3, -0.25) is 33.6 Å². The van der Waals surface area contributed by atoms with Crippen molar-refractivity contribution in [2.45, 2.75) is 163 Å². The minimum absolute atomic E-state index is 0.0370. The molecule has 0 bridgehead atoms. The minimum Gasteiger partial charge on any atom is -0.480 e. The lowest BCUT2D eigenvalue weighted by molar-refractivity contribution is -0.143. The van der Waals surface area contributed by atoms with Crippen LogP contribution in [0.25, 0.3) is 0 Å². The molecule has 0 spiro atoms. The first-order chi connectivity index (χ1) is 25.6. The molecule has 0 aliphatic carbocycles. The zero-order valence-electron chi connectivity index (χ0n) is 34.6. The van der Waals surface area contributed by atoms with Crippen molar-refractivity contribution in [3.8, 4) is 0 Å². The summed E-state index contributed by atoms with van der Waals surface area (Å²) in [7, 11) is 0. The largest absolute Gasteiger partial charge is 0.480 e. The summed E-state index contributed by atoms with van der Waals surface area (Å²) in [6, 6.07) is -6.09. The van der Waals surface area contributed by atoms with E-state index in [4.69, 9.17) is 0 Å². The highest BCUT2D eigenvalue weighted by Gasteiger charge is 2.37. The van der Waals surface area contributed by atoms with Crippen molar-refractivity contribution < 1.29 is 48.6 Å². The van der Waals surface area contributed by atoms with Crippen LogP contribution in [0.3, 0.4) is 0 Å². The van der Waals surface area contributed by atoms with E-state index in [0.717, 1.165) is 32.1 Å². The van der Waals surface area contributed by atoms with E-state index in [1.165, 1.54) is 20.8 Å². The van der Waals surface area contributed by atoms with Gasteiger partial charge in [-0.2, -0.15) is 0 Å². The van der Waals surface area contributed by atoms with E-state index in [1.807, 2.05) is 13.8 Å². The fourth-order valence-electron chi connectivity index (χ4n) is 5.41. The van der Waals surface area contributed by atoms with Gasteiger partial charge in [-0.1, -0.05) is 80.6 Å². The Morgan fingerprint density at radius 3 is 1.71 bits per heavy atom. The van der Waals surface area contributed by atoms with Crippen LogP contribution in [0, 0.1) is 17.8 Å². The third-order valence-electron chi connectivity index (χ3n) is 8.99. The number of carboxylic acids is 1.